The lowest BCUT2D eigenvalue weighted by Crippen LogP contribution is -2.23. The summed E-state index contributed by atoms with van der Waals surface area (Å²) < 4.78 is 5.61. The largest absolute Gasteiger partial charge is 0.494 e. The number of rotatable bonds is 8. The van der Waals surface area contributed by atoms with Crippen LogP contribution in [0.4, 0.5) is 0 Å². The summed E-state index contributed by atoms with van der Waals surface area (Å²) >= 11 is 0. The second kappa shape index (κ2) is 9.48. The number of nitrogens with zero attached hydrogens (tertiary/aromatic N) is 2. The van der Waals surface area contributed by atoms with Crippen LogP contribution in [-0.4, -0.2) is 22.5 Å². The fourth-order valence-electron chi connectivity index (χ4n) is 2.80. The summed E-state index contributed by atoms with van der Waals surface area (Å²) in [6.07, 6.45) is 6.34. The zero-order chi connectivity index (χ0) is 18.9. The van der Waals surface area contributed by atoms with Gasteiger partial charge in [-0.15, -0.1) is 0 Å². The minimum Gasteiger partial charge on any atom is -0.494 e. The number of ether oxygens (including phenoxy) is 1. The van der Waals surface area contributed by atoms with Gasteiger partial charge in [0.1, 0.15) is 5.75 Å². The Kier molecular flexibility index (Phi) is 6.52. The minimum atomic E-state index is 0.0149. The Morgan fingerprint density at radius 2 is 2.00 bits per heavy atom. The lowest BCUT2D eigenvalue weighted by atomic mass is 10.1. The molecule has 0 aliphatic carbocycles. The average molecular weight is 361 g/mol. The summed E-state index contributed by atoms with van der Waals surface area (Å²) in [4.78, 5) is 20.7. The fraction of sp³-hybridized carbons (Fsp3) is 0.227. The highest BCUT2D eigenvalue weighted by Crippen LogP contribution is 2.19. The van der Waals surface area contributed by atoms with Gasteiger partial charge in [-0.05, 0) is 54.8 Å². The molecule has 0 spiro atoms. The van der Waals surface area contributed by atoms with E-state index < -0.39 is 0 Å². The van der Waals surface area contributed by atoms with E-state index in [2.05, 4.69) is 15.3 Å². The van der Waals surface area contributed by atoms with Crippen LogP contribution in [0.2, 0.25) is 0 Å². The van der Waals surface area contributed by atoms with Crippen LogP contribution in [0.5, 0.6) is 5.75 Å². The van der Waals surface area contributed by atoms with E-state index in [-0.39, 0.29) is 5.91 Å². The molecular formula is C22H23N3O2. The molecule has 0 fully saturated rings. The van der Waals surface area contributed by atoms with Crippen LogP contribution in [0.15, 0.2) is 67.1 Å². The number of nitrogens with one attached hydrogen (secondary N) is 1. The number of hydrogen-bond donors (Lipinski definition) is 1. The molecule has 2 aromatic heterocycles. The van der Waals surface area contributed by atoms with E-state index in [1.54, 1.807) is 18.6 Å². The highest BCUT2D eigenvalue weighted by Gasteiger charge is 2.07. The zero-order valence-electron chi connectivity index (χ0n) is 15.4. The highest BCUT2D eigenvalue weighted by atomic mass is 16.5. The number of para-hydroxylation sites is 1. The standard InChI is InChI=1S/C22H23N3O2/c1-2-27-21-8-4-3-6-18(21)9-10-22(26)25-15-17-11-13-24-20(14-17)19-7-5-12-23-16-19/h3-8,11-14,16H,2,9-10,15H2,1H3,(H,25,26). The summed E-state index contributed by atoms with van der Waals surface area (Å²) in [6.45, 7) is 3.05. The third-order valence-electron chi connectivity index (χ3n) is 4.17. The normalized spacial score (nSPS) is 10.4. The second-order valence-electron chi connectivity index (χ2n) is 6.11. The van der Waals surface area contributed by atoms with Gasteiger partial charge < -0.3 is 10.1 Å². The van der Waals surface area contributed by atoms with Crippen molar-refractivity contribution in [1.82, 2.24) is 15.3 Å². The molecule has 1 amide bonds. The lowest BCUT2D eigenvalue weighted by Gasteiger charge is -2.10. The van der Waals surface area contributed by atoms with E-state index in [4.69, 9.17) is 4.74 Å². The number of carbonyl (C=O) groups excluding carboxylic acids is 1. The van der Waals surface area contributed by atoms with Crippen LogP contribution in [0.1, 0.15) is 24.5 Å². The molecule has 0 aliphatic heterocycles. The number of pyridine rings is 2. The quantitative estimate of drug-likeness (QED) is 0.663. The van der Waals surface area contributed by atoms with E-state index in [1.807, 2.05) is 55.5 Å². The van der Waals surface area contributed by atoms with Gasteiger partial charge in [-0.3, -0.25) is 14.8 Å². The van der Waals surface area contributed by atoms with Crippen LogP contribution < -0.4 is 10.1 Å². The topological polar surface area (TPSA) is 64.1 Å². The Morgan fingerprint density at radius 3 is 2.81 bits per heavy atom. The number of aromatic nitrogens is 2. The first kappa shape index (κ1) is 18.6. The molecule has 0 aliphatic rings. The molecule has 0 bridgehead atoms. The van der Waals surface area contributed by atoms with Crippen LogP contribution in [0.3, 0.4) is 0 Å². The van der Waals surface area contributed by atoms with Gasteiger partial charge in [-0.25, -0.2) is 0 Å². The van der Waals surface area contributed by atoms with Gasteiger partial charge in [0.25, 0.3) is 0 Å². The molecule has 2 heterocycles. The first-order valence-electron chi connectivity index (χ1n) is 9.09. The van der Waals surface area contributed by atoms with Gasteiger partial charge in [-0.1, -0.05) is 18.2 Å². The number of hydrogen-bond acceptors (Lipinski definition) is 4. The predicted molar refractivity (Wildman–Crippen MR) is 105 cm³/mol. The third-order valence-corrected chi connectivity index (χ3v) is 4.17. The molecule has 0 saturated heterocycles. The van der Waals surface area contributed by atoms with E-state index in [1.165, 1.54) is 0 Å². The molecule has 0 radical (unpaired) electrons. The molecule has 0 saturated carbocycles. The van der Waals surface area contributed by atoms with Crippen LogP contribution in [-0.2, 0) is 17.8 Å². The van der Waals surface area contributed by atoms with E-state index in [0.29, 0.717) is 26.0 Å². The molecule has 5 heteroatoms. The Morgan fingerprint density at radius 1 is 1.11 bits per heavy atom. The molecule has 27 heavy (non-hydrogen) atoms. The number of benzene rings is 1. The number of carbonyl (C=O) groups is 1. The Balaban J connectivity index is 1.54. The summed E-state index contributed by atoms with van der Waals surface area (Å²) in [6, 6.07) is 15.6. The number of amides is 1. The van der Waals surface area contributed by atoms with Crippen molar-refractivity contribution in [3.8, 4) is 17.0 Å². The maximum absolute atomic E-state index is 12.2. The monoisotopic (exact) mass is 361 g/mol. The van der Waals surface area contributed by atoms with Gasteiger partial charge in [0, 0.05) is 37.1 Å². The summed E-state index contributed by atoms with van der Waals surface area (Å²) in [7, 11) is 0. The first-order chi connectivity index (χ1) is 13.3. The van der Waals surface area contributed by atoms with Crippen molar-refractivity contribution in [2.75, 3.05) is 6.61 Å². The van der Waals surface area contributed by atoms with E-state index in [9.17, 15) is 4.79 Å². The van der Waals surface area contributed by atoms with Crippen molar-refractivity contribution in [2.24, 2.45) is 0 Å². The summed E-state index contributed by atoms with van der Waals surface area (Å²) in [5.74, 6) is 0.865. The Bertz CT molecular complexity index is 881. The molecule has 1 aromatic carbocycles. The molecule has 0 unspecified atom stereocenters. The molecule has 0 atom stereocenters. The van der Waals surface area contributed by atoms with Gasteiger partial charge in [0.05, 0.1) is 12.3 Å². The first-order valence-corrected chi connectivity index (χ1v) is 9.09. The zero-order valence-corrected chi connectivity index (χ0v) is 15.4. The maximum Gasteiger partial charge on any atom is 0.220 e. The van der Waals surface area contributed by atoms with Gasteiger partial charge in [0.2, 0.25) is 5.91 Å². The van der Waals surface area contributed by atoms with Crippen molar-refractivity contribution in [1.29, 1.82) is 0 Å². The van der Waals surface area contributed by atoms with Gasteiger partial charge in [-0.2, -0.15) is 0 Å². The summed E-state index contributed by atoms with van der Waals surface area (Å²) in [5, 5.41) is 2.98. The molecule has 5 nitrogen and oxygen atoms in total. The van der Waals surface area contributed by atoms with Gasteiger partial charge in [0.15, 0.2) is 0 Å². The predicted octanol–water partition coefficient (Wildman–Crippen LogP) is 3.79. The van der Waals surface area contributed by atoms with Crippen molar-refractivity contribution < 1.29 is 9.53 Å². The lowest BCUT2D eigenvalue weighted by molar-refractivity contribution is -0.121. The number of aryl methyl sites for hydroxylation is 1. The fourth-order valence-corrected chi connectivity index (χ4v) is 2.80. The molecule has 138 valence electrons. The third kappa shape index (κ3) is 5.38. The van der Waals surface area contributed by atoms with Crippen LogP contribution >= 0.6 is 0 Å². The molecule has 3 aromatic rings. The SMILES string of the molecule is CCOc1ccccc1CCC(=O)NCc1ccnc(-c2cccnc2)c1. The molecule has 1 N–H and O–H groups in total. The van der Waals surface area contributed by atoms with E-state index in [0.717, 1.165) is 28.1 Å². The highest BCUT2D eigenvalue weighted by molar-refractivity contribution is 5.76. The van der Waals surface area contributed by atoms with Crippen molar-refractivity contribution in [3.05, 3.63) is 78.2 Å². The van der Waals surface area contributed by atoms with Crippen LogP contribution in [0, 0.1) is 0 Å². The minimum absolute atomic E-state index is 0.0149. The average Bonchev–Trinajstić information content (AvgIpc) is 2.73. The van der Waals surface area contributed by atoms with Crippen molar-refractivity contribution in [2.45, 2.75) is 26.3 Å². The second-order valence-corrected chi connectivity index (χ2v) is 6.11. The van der Waals surface area contributed by atoms with Gasteiger partial charge >= 0.3 is 0 Å². The Hall–Kier alpha value is -3.21. The van der Waals surface area contributed by atoms with Crippen molar-refractivity contribution in [3.63, 3.8) is 0 Å². The smallest absolute Gasteiger partial charge is 0.220 e. The van der Waals surface area contributed by atoms with Crippen LogP contribution in [0.25, 0.3) is 11.3 Å². The maximum atomic E-state index is 12.2. The van der Waals surface area contributed by atoms with Crippen molar-refractivity contribution >= 4 is 5.91 Å². The molecular weight excluding hydrogens is 338 g/mol. The molecule has 3 rings (SSSR count). The Labute approximate surface area is 159 Å². The van der Waals surface area contributed by atoms with E-state index >= 15 is 0 Å². The summed E-state index contributed by atoms with van der Waals surface area (Å²) in [5.41, 5.74) is 3.86.